The summed E-state index contributed by atoms with van der Waals surface area (Å²) in [6, 6.07) is 3.49. The Balaban J connectivity index is 0.00000312. The van der Waals surface area contributed by atoms with E-state index in [2.05, 4.69) is 21.2 Å². The molecule has 1 fully saturated rings. The van der Waals surface area contributed by atoms with Crippen molar-refractivity contribution in [3.8, 4) is 11.5 Å². The van der Waals surface area contributed by atoms with Crippen LogP contribution in [0.1, 0.15) is 49.4 Å². The highest BCUT2D eigenvalue weighted by atomic mass is 79.9. The van der Waals surface area contributed by atoms with E-state index in [0.29, 0.717) is 40.6 Å². The van der Waals surface area contributed by atoms with Crippen LogP contribution in [0, 0.1) is 5.92 Å². The number of hydrogen-bond donors (Lipinski definition) is 2. The molecule has 0 heterocycles. The molecule has 7 heteroatoms. The molecule has 1 amide bonds. The Morgan fingerprint density at radius 2 is 2.04 bits per heavy atom. The summed E-state index contributed by atoms with van der Waals surface area (Å²) in [5.74, 6) is 1.50. The van der Waals surface area contributed by atoms with Gasteiger partial charge in [-0.05, 0) is 53.7 Å². The molecule has 5 nitrogen and oxygen atoms in total. The summed E-state index contributed by atoms with van der Waals surface area (Å²) in [6.45, 7) is 2.89. The van der Waals surface area contributed by atoms with Crippen LogP contribution in [0.15, 0.2) is 16.6 Å². The van der Waals surface area contributed by atoms with Gasteiger partial charge in [0.05, 0.1) is 18.2 Å². The van der Waals surface area contributed by atoms with Crippen LogP contribution in [0.2, 0.25) is 0 Å². The van der Waals surface area contributed by atoms with Crippen LogP contribution in [0.5, 0.6) is 11.5 Å². The molecular weight excluding hydrogens is 408 g/mol. The van der Waals surface area contributed by atoms with E-state index in [4.69, 9.17) is 15.2 Å². The first-order valence-electron chi connectivity index (χ1n) is 8.62. The zero-order chi connectivity index (χ0) is 17.5. The number of nitrogens with one attached hydrogen (secondary N) is 1. The SMILES string of the molecule is CCOc1c(Br)cc(C(=O)NC(CN)C2CCCCC2)cc1OC.Cl. The predicted molar refractivity (Wildman–Crippen MR) is 106 cm³/mol. The standard InChI is InChI=1S/C18H27BrN2O3.ClH/c1-3-24-17-14(19)9-13(10-16(17)23-2)18(22)21-15(11-20)12-7-5-4-6-8-12;/h9-10,12,15H,3-8,11,20H2,1-2H3,(H,21,22);1H. The number of carbonyl (C=O) groups excluding carboxylic acids is 1. The first-order valence-corrected chi connectivity index (χ1v) is 9.41. The van der Waals surface area contributed by atoms with Crippen LogP contribution >= 0.6 is 28.3 Å². The second kappa shape index (κ2) is 10.9. The molecule has 0 saturated heterocycles. The highest BCUT2D eigenvalue weighted by Crippen LogP contribution is 2.36. The molecule has 1 atom stereocenters. The summed E-state index contributed by atoms with van der Waals surface area (Å²) in [5.41, 5.74) is 6.45. The number of ether oxygens (including phenoxy) is 2. The van der Waals surface area contributed by atoms with E-state index in [1.807, 2.05) is 6.92 Å². The Morgan fingerprint density at radius 3 is 2.60 bits per heavy atom. The Hall–Kier alpha value is -0.980. The molecule has 1 aliphatic carbocycles. The topological polar surface area (TPSA) is 73.6 Å². The van der Waals surface area contributed by atoms with Crippen molar-refractivity contribution in [3.63, 3.8) is 0 Å². The minimum Gasteiger partial charge on any atom is -0.493 e. The number of carbonyl (C=O) groups is 1. The number of benzene rings is 1. The molecule has 0 aliphatic heterocycles. The first-order chi connectivity index (χ1) is 11.6. The normalized spacial score (nSPS) is 15.8. The Morgan fingerprint density at radius 1 is 1.36 bits per heavy atom. The van der Waals surface area contributed by atoms with Crippen LogP contribution < -0.4 is 20.5 Å². The lowest BCUT2D eigenvalue weighted by atomic mass is 9.84. The summed E-state index contributed by atoms with van der Waals surface area (Å²) in [4.78, 5) is 12.7. The van der Waals surface area contributed by atoms with Crippen LogP contribution in [-0.2, 0) is 0 Å². The van der Waals surface area contributed by atoms with E-state index >= 15 is 0 Å². The zero-order valence-electron chi connectivity index (χ0n) is 14.8. The third-order valence-corrected chi connectivity index (χ3v) is 5.16. The summed E-state index contributed by atoms with van der Waals surface area (Å²) < 4.78 is 11.6. The monoisotopic (exact) mass is 434 g/mol. The van der Waals surface area contributed by atoms with Crippen molar-refractivity contribution in [2.75, 3.05) is 20.3 Å². The number of rotatable bonds is 7. The van der Waals surface area contributed by atoms with E-state index < -0.39 is 0 Å². The lowest BCUT2D eigenvalue weighted by Gasteiger charge is -2.30. The molecule has 1 aromatic carbocycles. The number of hydrogen-bond acceptors (Lipinski definition) is 4. The van der Waals surface area contributed by atoms with E-state index in [1.165, 1.54) is 19.3 Å². The lowest BCUT2D eigenvalue weighted by Crippen LogP contribution is -2.45. The van der Waals surface area contributed by atoms with Gasteiger partial charge in [-0.15, -0.1) is 12.4 Å². The molecule has 0 bridgehead atoms. The Kier molecular flexibility index (Phi) is 9.61. The Labute approximate surface area is 164 Å². The third kappa shape index (κ3) is 5.76. The molecule has 0 aromatic heterocycles. The van der Waals surface area contributed by atoms with Crippen LogP contribution in [0.4, 0.5) is 0 Å². The van der Waals surface area contributed by atoms with Gasteiger partial charge in [-0.25, -0.2) is 0 Å². The van der Waals surface area contributed by atoms with Gasteiger partial charge in [0.15, 0.2) is 11.5 Å². The second-order valence-electron chi connectivity index (χ2n) is 6.14. The van der Waals surface area contributed by atoms with Gasteiger partial charge in [0, 0.05) is 18.2 Å². The molecule has 25 heavy (non-hydrogen) atoms. The quantitative estimate of drug-likeness (QED) is 0.681. The summed E-state index contributed by atoms with van der Waals surface area (Å²) in [5, 5.41) is 3.10. The molecule has 2 rings (SSSR count). The number of halogens is 2. The van der Waals surface area contributed by atoms with Gasteiger partial charge in [-0.3, -0.25) is 4.79 Å². The van der Waals surface area contributed by atoms with Gasteiger partial charge in [-0.1, -0.05) is 19.3 Å². The number of nitrogens with two attached hydrogens (primary N) is 1. The number of methoxy groups -OCH3 is 1. The summed E-state index contributed by atoms with van der Waals surface area (Å²) in [7, 11) is 1.57. The fourth-order valence-electron chi connectivity index (χ4n) is 3.29. The highest BCUT2D eigenvalue weighted by Gasteiger charge is 2.25. The van der Waals surface area contributed by atoms with Crippen molar-refractivity contribution in [2.45, 2.75) is 45.1 Å². The zero-order valence-corrected chi connectivity index (χ0v) is 17.2. The molecular formula is C18H28BrClN2O3. The fourth-order valence-corrected chi connectivity index (χ4v) is 3.85. The first kappa shape index (κ1) is 22.1. The van der Waals surface area contributed by atoms with E-state index in [-0.39, 0.29) is 24.4 Å². The molecule has 3 N–H and O–H groups in total. The van der Waals surface area contributed by atoms with Gasteiger partial charge >= 0.3 is 0 Å². The fraction of sp³-hybridized carbons (Fsp3) is 0.611. The minimum atomic E-state index is -0.127. The maximum Gasteiger partial charge on any atom is 0.251 e. The third-order valence-electron chi connectivity index (χ3n) is 4.57. The van der Waals surface area contributed by atoms with Crippen molar-refractivity contribution >= 4 is 34.2 Å². The molecule has 1 saturated carbocycles. The van der Waals surface area contributed by atoms with Crippen LogP contribution in [-0.4, -0.2) is 32.2 Å². The van der Waals surface area contributed by atoms with Crippen molar-refractivity contribution in [2.24, 2.45) is 11.7 Å². The molecule has 1 unspecified atom stereocenters. The average Bonchev–Trinajstić information content (AvgIpc) is 2.61. The Bertz CT molecular complexity index is 565. The van der Waals surface area contributed by atoms with Crippen molar-refractivity contribution < 1.29 is 14.3 Å². The van der Waals surface area contributed by atoms with Crippen molar-refractivity contribution in [1.29, 1.82) is 0 Å². The van der Waals surface area contributed by atoms with Gasteiger partial charge in [0.1, 0.15) is 0 Å². The lowest BCUT2D eigenvalue weighted by molar-refractivity contribution is 0.0915. The van der Waals surface area contributed by atoms with Gasteiger partial charge < -0.3 is 20.5 Å². The van der Waals surface area contributed by atoms with E-state index in [9.17, 15) is 4.79 Å². The van der Waals surface area contributed by atoms with E-state index in [0.717, 1.165) is 12.8 Å². The van der Waals surface area contributed by atoms with Gasteiger partial charge in [-0.2, -0.15) is 0 Å². The molecule has 142 valence electrons. The van der Waals surface area contributed by atoms with Crippen molar-refractivity contribution in [1.82, 2.24) is 5.32 Å². The molecule has 0 radical (unpaired) electrons. The number of amides is 1. The molecule has 1 aromatic rings. The minimum absolute atomic E-state index is 0. The largest absolute Gasteiger partial charge is 0.493 e. The second-order valence-corrected chi connectivity index (χ2v) is 6.99. The highest BCUT2D eigenvalue weighted by molar-refractivity contribution is 9.10. The van der Waals surface area contributed by atoms with E-state index in [1.54, 1.807) is 19.2 Å². The van der Waals surface area contributed by atoms with Gasteiger partial charge in [0.25, 0.3) is 5.91 Å². The van der Waals surface area contributed by atoms with Crippen LogP contribution in [0.25, 0.3) is 0 Å². The predicted octanol–water partition coefficient (Wildman–Crippen LogP) is 3.92. The summed E-state index contributed by atoms with van der Waals surface area (Å²) >= 11 is 3.46. The molecule has 1 aliphatic rings. The molecule has 0 spiro atoms. The average molecular weight is 436 g/mol. The maximum atomic E-state index is 12.7. The van der Waals surface area contributed by atoms with Crippen molar-refractivity contribution in [3.05, 3.63) is 22.2 Å². The summed E-state index contributed by atoms with van der Waals surface area (Å²) in [6.07, 6.45) is 6.00. The van der Waals surface area contributed by atoms with Gasteiger partial charge in [0.2, 0.25) is 0 Å². The van der Waals surface area contributed by atoms with Crippen LogP contribution in [0.3, 0.4) is 0 Å². The smallest absolute Gasteiger partial charge is 0.251 e. The maximum absolute atomic E-state index is 12.7.